The molecule has 0 aliphatic heterocycles. The number of nitrogens with two attached hydrogens (primary N) is 1. The van der Waals surface area contributed by atoms with Crippen LogP contribution >= 0.6 is 0 Å². The Bertz CT molecular complexity index is 310. The molecule has 3 nitrogen and oxygen atoms in total. The summed E-state index contributed by atoms with van der Waals surface area (Å²) in [4.78, 5) is 0. The molecule has 0 bridgehead atoms. The highest BCUT2D eigenvalue weighted by Gasteiger charge is 2.12. The van der Waals surface area contributed by atoms with Gasteiger partial charge >= 0.3 is 0 Å². The summed E-state index contributed by atoms with van der Waals surface area (Å²) < 4.78 is 0.970. The molecule has 0 atom stereocenters. The zero-order valence-electron chi connectivity index (χ0n) is 24.2. The van der Waals surface area contributed by atoms with E-state index in [0.717, 1.165) is 37.0 Å². The highest BCUT2D eigenvalue weighted by atomic mass is 35.5. The van der Waals surface area contributed by atoms with Crippen molar-refractivity contribution >= 4 is 0 Å². The number of unbranched alkanes of at least 4 members (excludes halogenated alkanes) is 19. The molecule has 0 aliphatic rings. The number of halogens is 1. The van der Waals surface area contributed by atoms with E-state index in [1.165, 1.54) is 128 Å². The predicted octanol–water partition coefficient (Wildman–Crippen LogP) is 5.63. The molecule has 0 aromatic rings. The van der Waals surface area contributed by atoms with E-state index in [2.05, 4.69) is 27.9 Å². The summed E-state index contributed by atoms with van der Waals surface area (Å²) in [5, 5.41) is 8.62. The molecule has 0 aliphatic carbocycles. The zero-order valence-corrected chi connectivity index (χ0v) is 25.0. The van der Waals surface area contributed by atoms with E-state index in [1.54, 1.807) is 0 Å². The minimum Gasteiger partial charge on any atom is -1.00 e. The lowest BCUT2D eigenvalue weighted by Gasteiger charge is -2.29. The number of hydrogen-bond acceptors (Lipinski definition) is 2. The van der Waals surface area contributed by atoms with Gasteiger partial charge in [0.15, 0.2) is 0 Å². The van der Waals surface area contributed by atoms with Crippen LogP contribution in [-0.2, 0) is 0 Å². The van der Waals surface area contributed by atoms with Gasteiger partial charge in [-0.2, -0.15) is 0 Å². The zero-order chi connectivity index (χ0) is 24.9. The standard InChI is InChI=1S/C22H46.C8H21N2O.ClH/c1-3-5-7-9-11-13-15-17-19-21-22-20-18-16-14-12-10-8-6-4-2;1-10(2,6-3-5-9)7-4-8-11;/h3-22H2,1-2H3;11H,3-9H2,1-2H3;1H/q;+1;/p-1. The fraction of sp³-hybridized carbons (Fsp3) is 1.00. The second-order valence-electron chi connectivity index (χ2n) is 11.0. The third-order valence-corrected chi connectivity index (χ3v) is 6.85. The van der Waals surface area contributed by atoms with Crippen molar-refractivity contribution in [1.29, 1.82) is 0 Å². The Balaban J connectivity index is -0.000000677. The van der Waals surface area contributed by atoms with Crippen molar-refractivity contribution < 1.29 is 22.0 Å². The maximum Gasteiger partial charge on any atom is 0.0804 e. The van der Waals surface area contributed by atoms with Crippen LogP contribution in [0.25, 0.3) is 0 Å². The summed E-state index contributed by atoms with van der Waals surface area (Å²) in [7, 11) is 4.34. The molecule has 0 saturated carbocycles. The van der Waals surface area contributed by atoms with Crippen molar-refractivity contribution in [2.75, 3.05) is 40.3 Å². The Morgan fingerprint density at radius 1 is 0.471 bits per heavy atom. The van der Waals surface area contributed by atoms with Crippen molar-refractivity contribution in [1.82, 2.24) is 0 Å². The van der Waals surface area contributed by atoms with Gasteiger partial charge in [-0.25, -0.2) is 0 Å². The van der Waals surface area contributed by atoms with Crippen molar-refractivity contribution in [3.8, 4) is 0 Å². The fourth-order valence-electron chi connectivity index (χ4n) is 4.46. The van der Waals surface area contributed by atoms with E-state index in [0.29, 0.717) is 6.61 Å². The molecule has 0 spiro atoms. The summed E-state index contributed by atoms with van der Waals surface area (Å²) in [6, 6.07) is 0. The summed E-state index contributed by atoms with van der Waals surface area (Å²) >= 11 is 0. The van der Waals surface area contributed by atoms with Gasteiger partial charge in [0, 0.05) is 19.4 Å². The Morgan fingerprint density at radius 3 is 0.971 bits per heavy atom. The monoisotopic (exact) mass is 506 g/mol. The molecule has 0 amide bonds. The summed E-state index contributed by atoms with van der Waals surface area (Å²) in [6.45, 7) is 7.80. The largest absolute Gasteiger partial charge is 1.00 e. The van der Waals surface area contributed by atoms with Crippen molar-refractivity contribution in [2.45, 2.75) is 155 Å². The first kappa shape index (κ1) is 38.7. The molecule has 0 rings (SSSR count). The Labute approximate surface area is 223 Å². The van der Waals surface area contributed by atoms with Crippen LogP contribution in [0, 0.1) is 0 Å². The van der Waals surface area contributed by atoms with Crippen LogP contribution in [0.5, 0.6) is 0 Å². The fourth-order valence-corrected chi connectivity index (χ4v) is 4.46. The number of aliphatic hydroxyl groups excluding tert-OH is 1. The SMILES string of the molecule is CCCCCCCCCCCCCCCCCCCCCC.C[N+](C)(CCCN)CCCO.[Cl-]. The number of rotatable bonds is 25. The third-order valence-electron chi connectivity index (χ3n) is 6.85. The first-order valence-corrected chi connectivity index (χ1v) is 15.2. The lowest BCUT2D eigenvalue weighted by Crippen LogP contribution is -3.00. The van der Waals surface area contributed by atoms with E-state index in [1.807, 2.05) is 0 Å². The topological polar surface area (TPSA) is 46.2 Å². The van der Waals surface area contributed by atoms with E-state index >= 15 is 0 Å². The normalized spacial score (nSPS) is 11.1. The van der Waals surface area contributed by atoms with E-state index in [-0.39, 0.29) is 12.4 Å². The molecule has 4 heteroatoms. The van der Waals surface area contributed by atoms with Crippen LogP contribution in [0.1, 0.15) is 155 Å². The quantitative estimate of drug-likeness (QED) is 0.124. The smallest absolute Gasteiger partial charge is 0.0804 e. The molecule has 210 valence electrons. The molecule has 0 fully saturated rings. The molecule has 3 N–H and O–H groups in total. The van der Waals surface area contributed by atoms with Gasteiger partial charge in [0.25, 0.3) is 0 Å². The Morgan fingerprint density at radius 2 is 0.735 bits per heavy atom. The van der Waals surface area contributed by atoms with E-state index in [9.17, 15) is 0 Å². The van der Waals surface area contributed by atoms with Crippen LogP contribution < -0.4 is 18.1 Å². The highest BCUT2D eigenvalue weighted by Crippen LogP contribution is 2.14. The number of quaternary nitrogens is 1. The second-order valence-corrected chi connectivity index (χ2v) is 11.0. The predicted molar refractivity (Wildman–Crippen MR) is 151 cm³/mol. The van der Waals surface area contributed by atoms with Crippen LogP contribution in [0.15, 0.2) is 0 Å². The van der Waals surface area contributed by atoms with Crippen LogP contribution in [-0.4, -0.2) is 49.9 Å². The molecule has 34 heavy (non-hydrogen) atoms. The molecule has 0 unspecified atom stereocenters. The van der Waals surface area contributed by atoms with Gasteiger partial charge in [0.05, 0.1) is 27.2 Å². The number of hydrogen-bond donors (Lipinski definition) is 2. The lowest BCUT2D eigenvalue weighted by molar-refractivity contribution is -0.890. The van der Waals surface area contributed by atoms with Crippen LogP contribution in [0.4, 0.5) is 0 Å². The first-order valence-electron chi connectivity index (χ1n) is 15.2. The van der Waals surface area contributed by atoms with Gasteiger partial charge in [-0.1, -0.05) is 142 Å². The molecule has 0 saturated heterocycles. The van der Waals surface area contributed by atoms with Crippen LogP contribution in [0.2, 0.25) is 0 Å². The van der Waals surface area contributed by atoms with Gasteiger partial charge in [-0.3, -0.25) is 0 Å². The highest BCUT2D eigenvalue weighted by molar-refractivity contribution is 4.50. The van der Waals surface area contributed by atoms with Crippen molar-refractivity contribution in [3.63, 3.8) is 0 Å². The van der Waals surface area contributed by atoms with Gasteiger partial charge in [0.1, 0.15) is 0 Å². The van der Waals surface area contributed by atoms with Gasteiger partial charge < -0.3 is 27.7 Å². The van der Waals surface area contributed by atoms with Gasteiger partial charge in [0.2, 0.25) is 0 Å². The van der Waals surface area contributed by atoms with Crippen LogP contribution in [0.3, 0.4) is 0 Å². The van der Waals surface area contributed by atoms with Crippen molar-refractivity contribution in [2.24, 2.45) is 5.73 Å². The summed E-state index contributed by atoms with van der Waals surface area (Å²) in [5.74, 6) is 0. The maximum atomic E-state index is 8.62. The van der Waals surface area contributed by atoms with Crippen molar-refractivity contribution in [3.05, 3.63) is 0 Å². The molecular formula is C30H67ClN2O. The minimum atomic E-state index is 0. The second kappa shape index (κ2) is 33.2. The maximum absolute atomic E-state index is 8.62. The Hall–Kier alpha value is 0.170. The number of nitrogens with zero attached hydrogens (tertiary/aromatic N) is 1. The summed E-state index contributed by atoms with van der Waals surface area (Å²) in [5.41, 5.74) is 5.40. The Kier molecular flexibility index (Phi) is 37.8. The van der Waals surface area contributed by atoms with E-state index in [4.69, 9.17) is 10.8 Å². The molecule has 0 heterocycles. The molecule has 0 radical (unpaired) electrons. The summed E-state index contributed by atoms with van der Waals surface area (Å²) in [6.07, 6.45) is 31.4. The van der Waals surface area contributed by atoms with Gasteiger partial charge in [-0.15, -0.1) is 0 Å². The lowest BCUT2D eigenvalue weighted by atomic mass is 10.0. The van der Waals surface area contributed by atoms with E-state index < -0.39 is 0 Å². The average molecular weight is 507 g/mol. The minimum absolute atomic E-state index is 0. The van der Waals surface area contributed by atoms with Gasteiger partial charge in [-0.05, 0) is 6.54 Å². The molecule has 0 aromatic carbocycles. The third kappa shape index (κ3) is 36.7. The molecule has 0 aromatic heterocycles. The first-order chi connectivity index (χ1) is 16.0. The average Bonchev–Trinajstić information content (AvgIpc) is 2.81. The molecular weight excluding hydrogens is 440 g/mol. The number of aliphatic hydroxyl groups is 1.